The van der Waals surface area contributed by atoms with Crippen molar-refractivity contribution in [1.82, 2.24) is 5.32 Å². The monoisotopic (exact) mass is 270 g/mol. The van der Waals surface area contributed by atoms with E-state index in [1.54, 1.807) is 0 Å². The van der Waals surface area contributed by atoms with Crippen LogP contribution in [-0.2, 0) is 4.79 Å². The highest BCUT2D eigenvalue weighted by molar-refractivity contribution is 6.33. The summed E-state index contributed by atoms with van der Waals surface area (Å²) in [7, 11) is 2.90. The van der Waals surface area contributed by atoms with Gasteiger partial charge in [-0.3, -0.25) is 4.79 Å². The number of rotatable bonds is 3. The number of anilines is 1. The van der Waals surface area contributed by atoms with Crippen molar-refractivity contribution in [2.75, 3.05) is 25.7 Å². The molecule has 18 heavy (non-hydrogen) atoms. The smallest absolute Gasteiger partial charge is 0.329 e. The van der Waals surface area contributed by atoms with E-state index in [2.05, 4.69) is 5.32 Å². The minimum Gasteiger partial charge on any atom is -0.495 e. The van der Waals surface area contributed by atoms with Gasteiger partial charge in [0.25, 0.3) is 5.91 Å². The van der Waals surface area contributed by atoms with E-state index in [1.165, 1.54) is 26.4 Å². The summed E-state index contributed by atoms with van der Waals surface area (Å²) >= 11 is 5.98. The van der Waals surface area contributed by atoms with Crippen LogP contribution in [0.25, 0.3) is 0 Å². The zero-order valence-corrected chi connectivity index (χ0v) is 10.6. The number of hydrogen-bond acceptors (Lipinski definition) is 4. The Balaban J connectivity index is 2.53. The van der Waals surface area contributed by atoms with Gasteiger partial charge in [-0.2, -0.15) is 0 Å². The summed E-state index contributed by atoms with van der Waals surface area (Å²) in [5, 5.41) is 2.72. The molecule has 1 aromatic rings. The lowest BCUT2D eigenvalue weighted by Crippen LogP contribution is -2.31. The quantitative estimate of drug-likeness (QED) is 0.844. The molecule has 0 unspecified atom stereocenters. The largest absolute Gasteiger partial charge is 0.495 e. The van der Waals surface area contributed by atoms with Crippen molar-refractivity contribution in [3.63, 3.8) is 0 Å². The lowest BCUT2D eigenvalue weighted by molar-refractivity contribution is -0.115. The van der Waals surface area contributed by atoms with Gasteiger partial charge in [0.1, 0.15) is 11.5 Å². The number of benzene rings is 1. The van der Waals surface area contributed by atoms with Gasteiger partial charge in [-0.1, -0.05) is 11.6 Å². The number of methoxy groups -OCH3 is 2. The van der Waals surface area contributed by atoms with Crippen molar-refractivity contribution in [2.24, 2.45) is 0 Å². The van der Waals surface area contributed by atoms with Crippen LogP contribution in [0, 0.1) is 0 Å². The Kier molecular flexibility index (Phi) is 3.29. The Hall–Kier alpha value is -1.95. The van der Waals surface area contributed by atoms with E-state index in [0.29, 0.717) is 22.2 Å². The number of halogens is 1. The SMILES string of the molecule is COc1cc(OC)c(N2C(=O)CNC2=O)cc1Cl. The topological polar surface area (TPSA) is 67.9 Å². The third-order valence-electron chi connectivity index (χ3n) is 2.54. The molecule has 1 fully saturated rings. The minimum absolute atomic E-state index is 0.0361. The zero-order valence-electron chi connectivity index (χ0n) is 9.82. The predicted octanol–water partition coefficient (Wildman–Crippen LogP) is 1.41. The first-order chi connectivity index (χ1) is 8.58. The normalized spacial score (nSPS) is 14.7. The van der Waals surface area contributed by atoms with Gasteiger partial charge < -0.3 is 14.8 Å². The molecule has 0 atom stereocenters. The Morgan fingerprint density at radius 3 is 2.39 bits per heavy atom. The van der Waals surface area contributed by atoms with Gasteiger partial charge in [-0.05, 0) is 6.07 Å². The lowest BCUT2D eigenvalue weighted by Gasteiger charge is -2.17. The molecule has 0 saturated carbocycles. The molecule has 6 nitrogen and oxygen atoms in total. The fraction of sp³-hybridized carbons (Fsp3) is 0.273. The van der Waals surface area contributed by atoms with Gasteiger partial charge in [-0.15, -0.1) is 0 Å². The molecular weight excluding hydrogens is 260 g/mol. The first-order valence-corrected chi connectivity index (χ1v) is 5.48. The lowest BCUT2D eigenvalue weighted by atomic mass is 10.2. The van der Waals surface area contributed by atoms with Gasteiger partial charge in [0, 0.05) is 6.07 Å². The molecule has 1 N–H and O–H groups in total. The van der Waals surface area contributed by atoms with E-state index in [1.807, 2.05) is 0 Å². The molecule has 1 saturated heterocycles. The van der Waals surface area contributed by atoms with Gasteiger partial charge in [-0.25, -0.2) is 9.69 Å². The van der Waals surface area contributed by atoms with Crippen LogP contribution in [0.1, 0.15) is 0 Å². The van der Waals surface area contributed by atoms with E-state index < -0.39 is 6.03 Å². The summed E-state index contributed by atoms with van der Waals surface area (Å²) in [6.07, 6.45) is 0. The zero-order chi connectivity index (χ0) is 13.3. The Morgan fingerprint density at radius 1 is 1.22 bits per heavy atom. The molecule has 7 heteroatoms. The van der Waals surface area contributed by atoms with E-state index in [0.717, 1.165) is 4.90 Å². The van der Waals surface area contributed by atoms with E-state index in [-0.39, 0.29) is 12.5 Å². The molecule has 0 aromatic heterocycles. The molecular formula is C11H11ClN2O4. The molecule has 96 valence electrons. The molecule has 0 radical (unpaired) electrons. The number of urea groups is 1. The number of nitrogens with one attached hydrogen (secondary N) is 1. The number of carbonyl (C=O) groups is 2. The Labute approximate surface area is 108 Å². The van der Waals surface area contributed by atoms with Crippen LogP contribution >= 0.6 is 11.6 Å². The second-order valence-corrected chi connectivity index (χ2v) is 3.95. The Bertz CT molecular complexity index is 502. The maximum absolute atomic E-state index is 11.6. The number of ether oxygens (including phenoxy) is 2. The van der Waals surface area contributed by atoms with Crippen molar-refractivity contribution >= 4 is 29.2 Å². The second kappa shape index (κ2) is 4.73. The van der Waals surface area contributed by atoms with Crippen LogP contribution in [0.5, 0.6) is 11.5 Å². The average molecular weight is 271 g/mol. The van der Waals surface area contributed by atoms with Crippen molar-refractivity contribution < 1.29 is 19.1 Å². The molecule has 3 amide bonds. The molecule has 1 heterocycles. The van der Waals surface area contributed by atoms with Crippen molar-refractivity contribution in [3.05, 3.63) is 17.2 Å². The minimum atomic E-state index is -0.500. The van der Waals surface area contributed by atoms with Crippen molar-refractivity contribution in [2.45, 2.75) is 0 Å². The molecule has 1 aromatic carbocycles. The molecule has 1 aliphatic rings. The van der Waals surface area contributed by atoms with Gasteiger partial charge in [0.05, 0.1) is 31.5 Å². The van der Waals surface area contributed by atoms with Crippen LogP contribution in [-0.4, -0.2) is 32.7 Å². The summed E-state index contributed by atoms with van der Waals surface area (Å²) in [5.74, 6) is 0.380. The highest BCUT2D eigenvalue weighted by atomic mass is 35.5. The molecule has 0 aliphatic carbocycles. The summed E-state index contributed by atoms with van der Waals surface area (Å²) in [6, 6.07) is 2.48. The van der Waals surface area contributed by atoms with Crippen molar-refractivity contribution in [1.29, 1.82) is 0 Å². The fourth-order valence-electron chi connectivity index (χ4n) is 1.69. The summed E-state index contributed by atoms with van der Waals surface area (Å²) in [6.45, 7) is -0.0361. The number of amides is 3. The van der Waals surface area contributed by atoms with E-state index >= 15 is 0 Å². The summed E-state index contributed by atoms with van der Waals surface area (Å²) in [4.78, 5) is 24.2. The third-order valence-corrected chi connectivity index (χ3v) is 2.83. The van der Waals surface area contributed by atoms with Crippen LogP contribution in [0.3, 0.4) is 0 Å². The maximum atomic E-state index is 11.6. The van der Waals surface area contributed by atoms with Gasteiger partial charge in [0.2, 0.25) is 0 Å². The first kappa shape index (κ1) is 12.5. The molecule has 0 bridgehead atoms. The fourth-order valence-corrected chi connectivity index (χ4v) is 1.92. The average Bonchev–Trinajstić information content (AvgIpc) is 2.68. The summed E-state index contributed by atoms with van der Waals surface area (Å²) < 4.78 is 10.2. The second-order valence-electron chi connectivity index (χ2n) is 3.55. The van der Waals surface area contributed by atoms with Crippen LogP contribution in [0.15, 0.2) is 12.1 Å². The molecule has 0 spiro atoms. The van der Waals surface area contributed by atoms with E-state index in [4.69, 9.17) is 21.1 Å². The van der Waals surface area contributed by atoms with Gasteiger partial charge in [0.15, 0.2) is 0 Å². The first-order valence-electron chi connectivity index (χ1n) is 5.10. The summed E-state index contributed by atoms with van der Waals surface area (Å²) in [5.41, 5.74) is 0.295. The number of imide groups is 1. The molecule has 1 aliphatic heterocycles. The highest BCUT2D eigenvalue weighted by Gasteiger charge is 2.32. The number of carbonyl (C=O) groups excluding carboxylic acids is 2. The van der Waals surface area contributed by atoms with Crippen LogP contribution < -0.4 is 19.7 Å². The van der Waals surface area contributed by atoms with E-state index in [9.17, 15) is 9.59 Å². The standard InChI is InChI=1S/C11H11ClN2O4/c1-17-8-4-9(18-2)7(3-6(8)12)14-10(15)5-13-11(14)16/h3-4H,5H2,1-2H3,(H,13,16). The number of nitrogens with zero attached hydrogens (tertiary/aromatic N) is 1. The number of hydrogen-bond donors (Lipinski definition) is 1. The third kappa shape index (κ3) is 1.95. The maximum Gasteiger partial charge on any atom is 0.329 e. The highest BCUT2D eigenvalue weighted by Crippen LogP contribution is 2.38. The predicted molar refractivity (Wildman–Crippen MR) is 65.4 cm³/mol. The Morgan fingerprint density at radius 2 is 1.89 bits per heavy atom. The van der Waals surface area contributed by atoms with Gasteiger partial charge >= 0.3 is 6.03 Å². The molecule has 2 rings (SSSR count). The van der Waals surface area contributed by atoms with Crippen molar-refractivity contribution in [3.8, 4) is 11.5 Å². The van der Waals surface area contributed by atoms with Crippen LogP contribution in [0.2, 0.25) is 5.02 Å². The van der Waals surface area contributed by atoms with Crippen LogP contribution in [0.4, 0.5) is 10.5 Å².